The summed E-state index contributed by atoms with van der Waals surface area (Å²) < 4.78 is 23.6. The van der Waals surface area contributed by atoms with Crippen LogP contribution in [-0.4, -0.2) is 18.1 Å². The number of hydrogen-bond donors (Lipinski definition) is 1. The quantitative estimate of drug-likeness (QED) is 0.721. The highest BCUT2D eigenvalue weighted by Crippen LogP contribution is 2.39. The number of carbonyl (C=O) groups is 1. The van der Waals surface area contributed by atoms with Crippen molar-refractivity contribution in [2.75, 3.05) is 12.8 Å². The van der Waals surface area contributed by atoms with E-state index in [2.05, 4.69) is 4.98 Å². The van der Waals surface area contributed by atoms with Gasteiger partial charge in [-0.05, 0) is 36.4 Å². The van der Waals surface area contributed by atoms with Gasteiger partial charge in [0.1, 0.15) is 17.3 Å². The number of para-hydroxylation sites is 1. The van der Waals surface area contributed by atoms with E-state index < -0.39 is 5.97 Å². The molecule has 5 nitrogen and oxygen atoms in total. The van der Waals surface area contributed by atoms with Crippen molar-refractivity contribution >= 4 is 22.4 Å². The van der Waals surface area contributed by atoms with Crippen LogP contribution in [0, 0.1) is 5.82 Å². The summed E-state index contributed by atoms with van der Waals surface area (Å²) in [7, 11) is 1.28. The predicted molar refractivity (Wildman–Crippen MR) is 89.8 cm³/mol. The number of hydrogen-bond acceptors (Lipinski definition) is 6. The van der Waals surface area contributed by atoms with Crippen LogP contribution >= 0.6 is 11.3 Å². The lowest BCUT2D eigenvalue weighted by Crippen LogP contribution is -2.04. The SMILES string of the molecule is COC(=O)c1nc(N)sc1-c1ccccc1Oc1ccc(F)cc1. The molecule has 0 saturated carbocycles. The molecule has 0 aliphatic heterocycles. The van der Waals surface area contributed by atoms with Crippen LogP contribution in [0.5, 0.6) is 11.5 Å². The number of nitrogens with zero attached hydrogens (tertiary/aromatic N) is 1. The van der Waals surface area contributed by atoms with Crippen molar-refractivity contribution in [3.63, 3.8) is 0 Å². The summed E-state index contributed by atoms with van der Waals surface area (Å²) in [5.74, 6) is 0.0484. The molecule has 2 N–H and O–H groups in total. The Bertz CT molecular complexity index is 878. The molecule has 0 atom stereocenters. The minimum absolute atomic E-state index is 0.134. The molecule has 0 saturated heterocycles. The third-order valence-corrected chi connectivity index (χ3v) is 4.11. The van der Waals surface area contributed by atoms with Crippen LogP contribution in [0.2, 0.25) is 0 Å². The highest BCUT2D eigenvalue weighted by atomic mass is 32.1. The molecule has 3 aromatic rings. The maximum atomic E-state index is 13.0. The fourth-order valence-corrected chi connectivity index (χ4v) is 2.98. The Morgan fingerprint density at radius 1 is 1.17 bits per heavy atom. The lowest BCUT2D eigenvalue weighted by atomic mass is 10.1. The largest absolute Gasteiger partial charge is 0.464 e. The maximum Gasteiger partial charge on any atom is 0.358 e. The van der Waals surface area contributed by atoms with E-state index in [1.165, 1.54) is 31.4 Å². The van der Waals surface area contributed by atoms with Crippen molar-refractivity contribution in [1.29, 1.82) is 0 Å². The van der Waals surface area contributed by atoms with E-state index in [9.17, 15) is 9.18 Å². The average Bonchev–Trinajstić information content (AvgIpc) is 2.98. The Kier molecular flexibility index (Phi) is 4.43. The van der Waals surface area contributed by atoms with Crippen LogP contribution in [0.4, 0.5) is 9.52 Å². The zero-order chi connectivity index (χ0) is 17.1. The van der Waals surface area contributed by atoms with Gasteiger partial charge in [0.05, 0.1) is 12.0 Å². The van der Waals surface area contributed by atoms with E-state index in [1.807, 2.05) is 6.07 Å². The molecule has 0 bridgehead atoms. The van der Waals surface area contributed by atoms with Crippen LogP contribution in [0.3, 0.4) is 0 Å². The number of benzene rings is 2. The van der Waals surface area contributed by atoms with E-state index >= 15 is 0 Å². The Morgan fingerprint density at radius 2 is 1.88 bits per heavy atom. The summed E-state index contributed by atoms with van der Waals surface area (Å²) in [5.41, 5.74) is 6.53. The molecule has 7 heteroatoms. The standard InChI is InChI=1S/C17H13FN2O3S/c1-22-16(21)14-15(24-17(19)20-14)12-4-2-3-5-13(12)23-11-8-6-10(18)7-9-11/h2-9H,1H3,(H2,19,20). The lowest BCUT2D eigenvalue weighted by Gasteiger charge is -2.10. The molecule has 1 heterocycles. The topological polar surface area (TPSA) is 74.4 Å². The lowest BCUT2D eigenvalue weighted by molar-refractivity contribution is 0.0596. The first-order chi connectivity index (χ1) is 11.6. The Morgan fingerprint density at radius 3 is 2.58 bits per heavy atom. The van der Waals surface area contributed by atoms with E-state index in [0.717, 1.165) is 11.3 Å². The van der Waals surface area contributed by atoms with Gasteiger partial charge in [-0.2, -0.15) is 0 Å². The zero-order valence-electron chi connectivity index (χ0n) is 12.7. The van der Waals surface area contributed by atoms with Gasteiger partial charge in [-0.3, -0.25) is 0 Å². The molecule has 0 spiro atoms. The normalized spacial score (nSPS) is 10.4. The van der Waals surface area contributed by atoms with Crippen molar-refractivity contribution in [3.8, 4) is 21.9 Å². The number of nitrogens with two attached hydrogens (primary N) is 1. The number of nitrogen functional groups attached to an aromatic ring is 1. The second kappa shape index (κ2) is 6.67. The van der Waals surface area contributed by atoms with Gasteiger partial charge in [-0.1, -0.05) is 23.5 Å². The van der Waals surface area contributed by atoms with E-state index in [4.69, 9.17) is 15.2 Å². The number of carbonyl (C=O) groups excluding carboxylic acids is 1. The number of methoxy groups -OCH3 is 1. The average molecular weight is 344 g/mol. The van der Waals surface area contributed by atoms with Crippen molar-refractivity contribution in [2.45, 2.75) is 0 Å². The molecule has 0 amide bonds. The fourth-order valence-electron chi connectivity index (χ4n) is 2.13. The van der Waals surface area contributed by atoms with Crippen molar-refractivity contribution < 1.29 is 18.7 Å². The summed E-state index contributed by atoms with van der Waals surface area (Å²) in [4.78, 5) is 16.5. The minimum atomic E-state index is -0.575. The van der Waals surface area contributed by atoms with E-state index in [1.54, 1.807) is 18.2 Å². The second-order valence-corrected chi connectivity index (χ2v) is 5.80. The monoisotopic (exact) mass is 344 g/mol. The van der Waals surface area contributed by atoms with Gasteiger partial charge in [0.15, 0.2) is 10.8 Å². The van der Waals surface area contributed by atoms with E-state index in [-0.39, 0.29) is 16.6 Å². The Labute approximate surface area is 141 Å². The molecule has 0 aliphatic rings. The number of thiazole rings is 1. The molecule has 3 rings (SSSR count). The minimum Gasteiger partial charge on any atom is -0.464 e. The van der Waals surface area contributed by atoms with Crippen molar-refractivity contribution in [1.82, 2.24) is 4.98 Å². The highest BCUT2D eigenvalue weighted by molar-refractivity contribution is 7.19. The van der Waals surface area contributed by atoms with Gasteiger partial charge in [0.2, 0.25) is 0 Å². The summed E-state index contributed by atoms with van der Waals surface area (Å²) >= 11 is 1.16. The fraction of sp³-hybridized carbons (Fsp3) is 0.0588. The Balaban J connectivity index is 2.04. The summed E-state index contributed by atoms with van der Waals surface area (Å²) in [6.07, 6.45) is 0. The summed E-state index contributed by atoms with van der Waals surface area (Å²) in [6.45, 7) is 0. The molecular weight excluding hydrogens is 331 g/mol. The van der Waals surface area contributed by atoms with Gasteiger partial charge in [0.25, 0.3) is 0 Å². The van der Waals surface area contributed by atoms with Crippen LogP contribution < -0.4 is 10.5 Å². The first-order valence-corrected chi connectivity index (χ1v) is 7.77. The van der Waals surface area contributed by atoms with Crippen LogP contribution in [0.15, 0.2) is 48.5 Å². The van der Waals surface area contributed by atoms with Crippen LogP contribution in [0.25, 0.3) is 10.4 Å². The third kappa shape index (κ3) is 3.21. The first kappa shape index (κ1) is 15.9. The molecule has 24 heavy (non-hydrogen) atoms. The molecule has 122 valence electrons. The van der Waals surface area contributed by atoms with Crippen LogP contribution in [-0.2, 0) is 4.74 Å². The summed E-state index contributed by atoms with van der Waals surface area (Å²) in [6, 6.07) is 12.8. The van der Waals surface area contributed by atoms with Gasteiger partial charge in [-0.25, -0.2) is 14.2 Å². The number of anilines is 1. The molecule has 0 radical (unpaired) electrons. The molecule has 2 aromatic carbocycles. The highest BCUT2D eigenvalue weighted by Gasteiger charge is 2.21. The third-order valence-electron chi connectivity index (χ3n) is 3.20. The summed E-state index contributed by atoms with van der Waals surface area (Å²) in [5, 5.41) is 0.252. The van der Waals surface area contributed by atoms with Gasteiger partial charge < -0.3 is 15.2 Å². The molecule has 1 aromatic heterocycles. The van der Waals surface area contributed by atoms with Gasteiger partial charge in [0, 0.05) is 5.56 Å². The van der Waals surface area contributed by atoms with E-state index in [0.29, 0.717) is 21.9 Å². The van der Waals surface area contributed by atoms with Gasteiger partial charge in [-0.15, -0.1) is 0 Å². The Hall–Kier alpha value is -2.93. The predicted octanol–water partition coefficient (Wildman–Crippen LogP) is 4.11. The van der Waals surface area contributed by atoms with Crippen LogP contribution in [0.1, 0.15) is 10.5 Å². The smallest absolute Gasteiger partial charge is 0.358 e. The number of rotatable bonds is 4. The molecule has 0 fully saturated rings. The maximum absolute atomic E-state index is 13.0. The number of halogens is 1. The number of ether oxygens (including phenoxy) is 2. The van der Waals surface area contributed by atoms with Crippen molar-refractivity contribution in [2.24, 2.45) is 0 Å². The molecule has 0 aliphatic carbocycles. The van der Waals surface area contributed by atoms with Crippen molar-refractivity contribution in [3.05, 3.63) is 60.0 Å². The first-order valence-electron chi connectivity index (χ1n) is 6.96. The van der Waals surface area contributed by atoms with Gasteiger partial charge >= 0.3 is 5.97 Å². The molecule has 0 unspecified atom stereocenters. The molecular formula is C17H13FN2O3S. The number of aromatic nitrogens is 1. The zero-order valence-corrected chi connectivity index (χ0v) is 13.5. The number of esters is 1. The second-order valence-electron chi connectivity index (χ2n) is 4.77.